The summed E-state index contributed by atoms with van der Waals surface area (Å²) in [5, 5.41) is 2.96. The molecule has 0 aromatic heterocycles. The number of halogens is 1. The first-order valence-corrected chi connectivity index (χ1v) is 9.41. The van der Waals surface area contributed by atoms with Gasteiger partial charge in [0.05, 0.1) is 12.3 Å². The maximum absolute atomic E-state index is 13.9. The molecule has 0 atom stereocenters. The minimum Gasteiger partial charge on any atom is -0.494 e. The van der Waals surface area contributed by atoms with E-state index in [1.807, 2.05) is 35.2 Å². The quantitative estimate of drug-likeness (QED) is 0.843. The van der Waals surface area contributed by atoms with E-state index in [9.17, 15) is 9.18 Å². The number of carbonyl (C=O) groups excluding carboxylic acids is 1. The van der Waals surface area contributed by atoms with Crippen LogP contribution in [0.2, 0.25) is 0 Å². The molecule has 5 nitrogen and oxygen atoms in total. The van der Waals surface area contributed by atoms with Crippen LogP contribution in [-0.2, 0) is 6.54 Å². The summed E-state index contributed by atoms with van der Waals surface area (Å²) in [5.74, 6) is 0.600. The number of nitrogens with one attached hydrogen (secondary N) is 1. The number of ether oxygens (including phenoxy) is 1. The van der Waals surface area contributed by atoms with E-state index in [-0.39, 0.29) is 11.8 Å². The minimum absolute atomic E-state index is 0.0944. The van der Waals surface area contributed by atoms with Gasteiger partial charge in [0.2, 0.25) is 0 Å². The van der Waals surface area contributed by atoms with E-state index >= 15 is 0 Å². The molecule has 27 heavy (non-hydrogen) atoms. The maximum atomic E-state index is 13.9. The second kappa shape index (κ2) is 9.26. The van der Waals surface area contributed by atoms with Crippen LogP contribution in [0.4, 0.5) is 14.9 Å². The van der Waals surface area contributed by atoms with Crippen molar-refractivity contribution < 1.29 is 13.9 Å². The van der Waals surface area contributed by atoms with Gasteiger partial charge in [0, 0.05) is 32.7 Å². The van der Waals surface area contributed by atoms with Crippen LogP contribution < -0.4 is 15.0 Å². The fourth-order valence-corrected chi connectivity index (χ4v) is 3.11. The zero-order chi connectivity index (χ0) is 19.1. The molecule has 0 aliphatic carbocycles. The van der Waals surface area contributed by atoms with E-state index in [0.29, 0.717) is 45.0 Å². The highest BCUT2D eigenvalue weighted by Crippen LogP contribution is 2.20. The molecule has 1 N–H and O–H groups in total. The standard InChI is InChI=1S/C21H26FN3O2/c1-2-14-27-18-7-5-6-17(15-18)16-23-21(26)25-12-10-24(11-13-25)20-9-4-3-8-19(20)22/h3-9,15H,2,10-14,16H2,1H3,(H,23,26). The van der Waals surface area contributed by atoms with Gasteiger partial charge in [0.25, 0.3) is 0 Å². The molecule has 1 heterocycles. The summed E-state index contributed by atoms with van der Waals surface area (Å²) in [4.78, 5) is 16.2. The molecular formula is C21H26FN3O2. The topological polar surface area (TPSA) is 44.8 Å². The lowest BCUT2D eigenvalue weighted by molar-refractivity contribution is 0.194. The molecule has 1 saturated heterocycles. The Morgan fingerprint density at radius 1 is 1.11 bits per heavy atom. The monoisotopic (exact) mass is 371 g/mol. The van der Waals surface area contributed by atoms with Gasteiger partial charge in [-0.3, -0.25) is 0 Å². The zero-order valence-corrected chi connectivity index (χ0v) is 15.7. The van der Waals surface area contributed by atoms with Crippen molar-refractivity contribution in [2.45, 2.75) is 19.9 Å². The van der Waals surface area contributed by atoms with Gasteiger partial charge in [0.15, 0.2) is 0 Å². The van der Waals surface area contributed by atoms with Crippen LogP contribution in [0, 0.1) is 5.82 Å². The Labute approximate surface area is 159 Å². The molecule has 144 valence electrons. The molecule has 0 spiro atoms. The van der Waals surface area contributed by atoms with Gasteiger partial charge >= 0.3 is 6.03 Å². The normalized spacial score (nSPS) is 14.1. The van der Waals surface area contributed by atoms with Gasteiger partial charge in [0.1, 0.15) is 11.6 Å². The predicted octanol–water partition coefficient (Wildman–Crippen LogP) is 3.65. The summed E-state index contributed by atoms with van der Waals surface area (Å²) in [6.07, 6.45) is 0.958. The molecule has 1 fully saturated rings. The fraction of sp³-hybridized carbons (Fsp3) is 0.381. The SMILES string of the molecule is CCCOc1cccc(CNC(=O)N2CCN(c3ccccc3F)CC2)c1. The van der Waals surface area contributed by atoms with Crippen LogP contribution >= 0.6 is 0 Å². The number of carbonyl (C=O) groups is 1. The van der Waals surface area contributed by atoms with E-state index in [4.69, 9.17) is 4.74 Å². The van der Waals surface area contributed by atoms with Crippen LogP contribution in [0.25, 0.3) is 0 Å². The smallest absolute Gasteiger partial charge is 0.317 e. The van der Waals surface area contributed by atoms with Gasteiger partial charge in [-0.1, -0.05) is 31.2 Å². The highest BCUT2D eigenvalue weighted by molar-refractivity contribution is 5.74. The number of anilines is 1. The first kappa shape index (κ1) is 19.0. The molecule has 2 amide bonds. The van der Waals surface area contributed by atoms with Crippen molar-refractivity contribution in [1.82, 2.24) is 10.2 Å². The van der Waals surface area contributed by atoms with Crippen LogP contribution in [0.3, 0.4) is 0 Å². The molecule has 0 saturated carbocycles. The molecule has 0 bridgehead atoms. The third-order valence-corrected chi connectivity index (χ3v) is 4.58. The number of nitrogens with zero attached hydrogens (tertiary/aromatic N) is 2. The van der Waals surface area contributed by atoms with E-state index in [1.165, 1.54) is 6.07 Å². The van der Waals surface area contributed by atoms with Gasteiger partial charge in [-0.2, -0.15) is 0 Å². The molecule has 6 heteroatoms. The Bertz CT molecular complexity index is 761. The lowest BCUT2D eigenvalue weighted by atomic mass is 10.2. The summed E-state index contributed by atoms with van der Waals surface area (Å²) >= 11 is 0. The van der Waals surface area contributed by atoms with Crippen LogP contribution in [0.5, 0.6) is 5.75 Å². The van der Waals surface area contributed by atoms with E-state index in [1.54, 1.807) is 17.0 Å². The lowest BCUT2D eigenvalue weighted by Gasteiger charge is -2.36. The number of urea groups is 1. The number of amides is 2. The van der Waals surface area contributed by atoms with Crippen molar-refractivity contribution in [1.29, 1.82) is 0 Å². The number of para-hydroxylation sites is 1. The second-order valence-electron chi connectivity index (χ2n) is 6.58. The third kappa shape index (κ3) is 5.12. The van der Waals surface area contributed by atoms with E-state index in [2.05, 4.69) is 12.2 Å². The largest absolute Gasteiger partial charge is 0.494 e. The van der Waals surface area contributed by atoms with Crippen LogP contribution in [-0.4, -0.2) is 43.7 Å². The Kier molecular flexibility index (Phi) is 6.52. The van der Waals surface area contributed by atoms with Crippen LogP contribution in [0.1, 0.15) is 18.9 Å². The number of benzene rings is 2. The van der Waals surface area contributed by atoms with Gasteiger partial charge < -0.3 is 19.9 Å². The van der Waals surface area contributed by atoms with Gasteiger partial charge in [-0.25, -0.2) is 9.18 Å². The van der Waals surface area contributed by atoms with E-state index < -0.39 is 0 Å². The average molecular weight is 371 g/mol. The van der Waals surface area contributed by atoms with Crippen molar-refractivity contribution in [3.05, 3.63) is 59.9 Å². The maximum Gasteiger partial charge on any atom is 0.317 e. The fourth-order valence-electron chi connectivity index (χ4n) is 3.11. The molecule has 0 unspecified atom stereocenters. The predicted molar refractivity (Wildman–Crippen MR) is 105 cm³/mol. The molecule has 3 rings (SSSR count). The van der Waals surface area contributed by atoms with E-state index in [0.717, 1.165) is 17.7 Å². The zero-order valence-electron chi connectivity index (χ0n) is 15.7. The first-order chi connectivity index (χ1) is 13.2. The number of rotatable bonds is 6. The molecule has 1 aliphatic heterocycles. The minimum atomic E-state index is -0.222. The van der Waals surface area contributed by atoms with Gasteiger partial charge in [-0.05, 0) is 36.2 Å². The Morgan fingerprint density at radius 3 is 2.63 bits per heavy atom. The Balaban J connectivity index is 1.48. The summed E-state index contributed by atoms with van der Waals surface area (Å²) in [5.41, 5.74) is 1.60. The molecule has 2 aromatic carbocycles. The summed E-state index contributed by atoms with van der Waals surface area (Å²) in [7, 11) is 0. The highest BCUT2D eigenvalue weighted by atomic mass is 19.1. The first-order valence-electron chi connectivity index (χ1n) is 9.41. The number of piperazine rings is 1. The third-order valence-electron chi connectivity index (χ3n) is 4.58. The Hall–Kier alpha value is -2.76. The molecule has 0 radical (unpaired) electrons. The van der Waals surface area contributed by atoms with Crippen molar-refractivity contribution in [2.75, 3.05) is 37.7 Å². The van der Waals surface area contributed by atoms with Crippen molar-refractivity contribution in [2.24, 2.45) is 0 Å². The van der Waals surface area contributed by atoms with Crippen molar-refractivity contribution >= 4 is 11.7 Å². The van der Waals surface area contributed by atoms with Crippen molar-refractivity contribution in [3.8, 4) is 5.75 Å². The number of hydrogen-bond acceptors (Lipinski definition) is 3. The summed E-state index contributed by atoms with van der Waals surface area (Å²) < 4.78 is 19.5. The molecule has 1 aliphatic rings. The molecule has 2 aromatic rings. The van der Waals surface area contributed by atoms with Gasteiger partial charge in [-0.15, -0.1) is 0 Å². The van der Waals surface area contributed by atoms with Crippen molar-refractivity contribution in [3.63, 3.8) is 0 Å². The summed E-state index contributed by atoms with van der Waals surface area (Å²) in [6.45, 7) is 5.58. The number of hydrogen-bond donors (Lipinski definition) is 1. The Morgan fingerprint density at radius 2 is 1.89 bits per heavy atom. The lowest BCUT2D eigenvalue weighted by Crippen LogP contribution is -2.51. The molecular weight excluding hydrogens is 345 g/mol. The average Bonchev–Trinajstić information content (AvgIpc) is 2.71. The summed E-state index contributed by atoms with van der Waals surface area (Å²) in [6, 6.07) is 14.4. The second-order valence-corrected chi connectivity index (χ2v) is 6.58. The van der Waals surface area contributed by atoms with Crippen LogP contribution in [0.15, 0.2) is 48.5 Å². The highest BCUT2D eigenvalue weighted by Gasteiger charge is 2.22.